The molecule has 6 heteroatoms. The highest BCUT2D eigenvalue weighted by Gasteiger charge is 2.42. The fraction of sp³-hybridized carbons (Fsp3) is 0.538. The van der Waals surface area contributed by atoms with Crippen LogP contribution in [0, 0.1) is 0 Å². The molecule has 3 aliphatic rings. The summed E-state index contributed by atoms with van der Waals surface area (Å²) < 4.78 is 0. The van der Waals surface area contributed by atoms with Gasteiger partial charge in [0, 0.05) is 25.2 Å². The fourth-order valence-electron chi connectivity index (χ4n) is 2.79. The van der Waals surface area contributed by atoms with Crippen LogP contribution in [0.1, 0.15) is 12.8 Å². The first-order valence-electron chi connectivity index (χ1n) is 6.53. The van der Waals surface area contributed by atoms with Crippen LogP contribution in [-0.4, -0.2) is 59.1 Å². The lowest BCUT2D eigenvalue weighted by molar-refractivity contribution is -0.126. The maximum absolute atomic E-state index is 12.1. The third kappa shape index (κ3) is 2.02. The number of carbonyl (C=O) groups is 2. The van der Waals surface area contributed by atoms with E-state index in [0.717, 1.165) is 18.7 Å². The van der Waals surface area contributed by atoms with Crippen molar-refractivity contribution in [3.8, 4) is 0 Å². The van der Waals surface area contributed by atoms with Crippen molar-refractivity contribution in [2.45, 2.75) is 18.9 Å². The zero-order valence-corrected chi connectivity index (χ0v) is 10.7. The predicted molar refractivity (Wildman–Crippen MR) is 67.8 cm³/mol. The van der Waals surface area contributed by atoms with Gasteiger partial charge in [0.2, 0.25) is 5.91 Å². The zero-order valence-electron chi connectivity index (χ0n) is 10.7. The number of urea groups is 1. The van der Waals surface area contributed by atoms with Crippen LogP contribution in [-0.2, 0) is 9.63 Å². The Morgan fingerprint density at radius 2 is 2.32 bits per heavy atom. The summed E-state index contributed by atoms with van der Waals surface area (Å²) in [5.74, 6) is 0.153. The number of carbonyl (C=O) groups excluding carboxylic acids is 2. The second-order valence-electron chi connectivity index (χ2n) is 4.95. The van der Waals surface area contributed by atoms with E-state index in [1.54, 1.807) is 15.9 Å². The number of fused-ring (bicyclic) bond motifs is 2. The Bertz CT molecular complexity index is 460. The molecule has 2 fully saturated rings. The first-order valence-corrected chi connectivity index (χ1v) is 6.53. The van der Waals surface area contributed by atoms with Crippen LogP contribution in [0.2, 0.25) is 0 Å². The molecule has 102 valence electrons. The highest BCUT2D eigenvalue weighted by molar-refractivity contribution is 5.82. The minimum atomic E-state index is -0.134. The number of likely N-dealkylation sites (tertiary alicyclic amines) is 1. The van der Waals surface area contributed by atoms with Crippen molar-refractivity contribution >= 4 is 11.9 Å². The van der Waals surface area contributed by atoms with Gasteiger partial charge in [-0.3, -0.25) is 9.63 Å². The molecule has 1 atom stereocenters. The van der Waals surface area contributed by atoms with E-state index >= 15 is 0 Å². The van der Waals surface area contributed by atoms with Gasteiger partial charge in [-0.2, -0.15) is 5.06 Å². The SMILES string of the molecule is C=CCON1C(=O)N2CC(N3CCCC3=O)=CC1C2. The van der Waals surface area contributed by atoms with Crippen molar-refractivity contribution in [2.24, 2.45) is 0 Å². The Morgan fingerprint density at radius 1 is 1.47 bits per heavy atom. The van der Waals surface area contributed by atoms with Gasteiger partial charge in [0.15, 0.2) is 0 Å². The van der Waals surface area contributed by atoms with E-state index < -0.39 is 0 Å². The average Bonchev–Trinajstić information content (AvgIpc) is 2.92. The first-order chi connectivity index (χ1) is 9.20. The quantitative estimate of drug-likeness (QED) is 0.703. The summed E-state index contributed by atoms with van der Waals surface area (Å²) >= 11 is 0. The molecular weight excluding hydrogens is 246 g/mol. The van der Waals surface area contributed by atoms with Crippen molar-refractivity contribution in [1.29, 1.82) is 0 Å². The Kier molecular flexibility index (Phi) is 3.02. The number of hydroxylamine groups is 2. The highest BCUT2D eigenvalue weighted by atomic mass is 16.7. The Morgan fingerprint density at radius 3 is 3.00 bits per heavy atom. The predicted octanol–water partition coefficient (Wildman–Crippen LogP) is 0.730. The monoisotopic (exact) mass is 263 g/mol. The molecule has 0 aliphatic carbocycles. The molecule has 6 nitrogen and oxygen atoms in total. The third-order valence-corrected chi connectivity index (χ3v) is 3.66. The minimum Gasteiger partial charge on any atom is -0.315 e. The Balaban J connectivity index is 1.78. The highest BCUT2D eigenvalue weighted by Crippen LogP contribution is 2.28. The van der Waals surface area contributed by atoms with Crippen LogP contribution in [0.4, 0.5) is 4.79 Å². The third-order valence-electron chi connectivity index (χ3n) is 3.66. The summed E-state index contributed by atoms with van der Waals surface area (Å²) in [6.07, 6.45) is 5.09. The van der Waals surface area contributed by atoms with Crippen LogP contribution in [0.3, 0.4) is 0 Å². The molecule has 3 aliphatic heterocycles. The molecule has 0 spiro atoms. The summed E-state index contributed by atoms with van der Waals surface area (Å²) in [5, 5.41) is 1.38. The van der Waals surface area contributed by atoms with Gasteiger partial charge in [-0.25, -0.2) is 4.79 Å². The molecule has 0 radical (unpaired) electrons. The van der Waals surface area contributed by atoms with Gasteiger partial charge in [0.25, 0.3) is 0 Å². The van der Waals surface area contributed by atoms with Crippen molar-refractivity contribution in [2.75, 3.05) is 26.2 Å². The molecule has 3 rings (SSSR count). The Hall–Kier alpha value is -1.82. The minimum absolute atomic E-state index is 0.107. The molecule has 3 heterocycles. The molecule has 0 N–H and O–H groups in total. The molecule has 0 aromatic carbocycles. The van der Waals surface area contributed by atoms with E-state index in [4.69, 9.17) is 4.84 Å². The molecule has 0 aromatic rings. The van der Waals surface area contributed by atoms with E-state index in [0.29, 0.717) is 26.1 Å². The average molecular weight is 263 g/mol. The first kappa shape index (κ1) is 12.2. The summed E-state index contributed by atoms with van der Waals surface area (Å²) in [5.41, 5.74) is 0.928. The smallest absolute Gasteiger partial charge is 0.315 e. The van der Waals surface area contributed by atoms with Crippen molar-refractivity contribution in [3.63, 3.8) is 0 Å². The molecule has 1 unspecified atom stereocenters. The van der Waals surface area contributed by atoms with Gasteiger partial charge in [-0.05, 0) is 12.5 Å². The summed E-state index contributed by atoms with van der Waals surface area (Å²) in [6, 6.07) is -0.241. The topological polar surface area (TPSA) is 53.1 Å². The maximum atomic E-state index is 12.1. The van der Waals surface area contributed by atoms with Crippen molar-refractivity contribution in [3.05, 3.63) is 24.4 Å². The second-order valence-corrected chi connectivity index (χ2v) is 4.95. The van der Waals surface area contributed by atoms with Crippen LogP contribution in [0.15, 0.2) is 24.4 Å². The molecule has 2 bridgehead atoms. The van der Waals surface area contributed by atoms with E-state index in [1.165, 1.54) is 5.06 Å². The van der Waals surface area contributed by atoms with Gasteiger partial charge in [0.05, 0.1) is 19.2 Å². The Labute approximate surface area is 111 Å². The molecule has 19 heavy (non-hydrogen) atoms. The van der Waals surface area contributed by atoms with E-state index in [9.17, 15) is 9.59 Å². The standard InChI is InChI=1S/C13H17N3O3/c1-2-6-19-16-11-7-10(8-14(9-11)13(16)18)15-5-3-4-12(15)17/h2,7,11H,1,3-6,8-9H2. The van der Waals surface area contributed by atoms with Crippen LogP contribution in [0.25, 0.3) is 0 Å². The van der Waals surface area contributed by atoms with Crippen molar-refractivity contribution in [1.82, 2.24) is 14.9 Å². The van der Waals surface area contributed by atoms with Gasteiger partial charge < -0.3 is 9.80 Å². The second kappa shape index (κ2) is 4.70. The fourth-order valence-corrected chi connectivity index (χ4v) is 2.79. The number of rotatable bonds is 4. The summed E-state index contributed by atoms with van der Waals surface area (Å²) in [6.45, 7) is 5.76. The molecule has 0 aromatic heterocycles. The van der Waals surface area contributed by atoms with E-state index in [-0.39, 0.29) is 18.0 Å². The number of amides is 3. The molecular formula is C13H17N3O3. The number of hydrogen-bond acceptors (Lipinski definition) is 3. The van der Waals surface area contributed by atoms with Crippen LogP contribution < -0.4 is 0 Å². The van der Waals surface area contributed by atoms with Gasteiger partial charge in [0.1, 0.15) is 0 Å². The lowest BCUT2D eigenvalue weighted by Gasteiger charge is -2.27. The maximum Gasteiger partial charge on any atom is 0.345 e. The van der Waals surface area contributed by atoms with E-state index in [2.05, 4.69) is 6.58 Å². The molecule has 2 saturated heterocycles. The number of hydrogen-bond donors (Lipinski definition) is 0. The summed E-state index contributed by atoms with van der Waals surface area (Å²) in [4.78, 5) is 32.8. The number of nitrogens with zero attached hydrogens (tertiary/aromatic N) is 3. The van der Waals surface area contributed by atoms with Gasteiger partial charge >= 0.3 is 6.03 Å². The lowest BCUT2D eigenvalue weighted by Crippen LogP contribution is -2.37. The van der Waals surface area contributed by atoms with Gasteiger partial charge in [-0.1, -0.05) is 6.08 Å². The largest absolute Gasteiger partial charge is 0.345 e. The molecule has 3 amide bonds. The lowest BCUT2D eigenvalue weighted by atomic mass is 10.1. The normalized spacial score (nSPS) is 26.2. The van der Waals surface area contributed by atoms with Crippen LogP contribution in [0.5, 0.6) is 0 Å². The van der Waals surface area contributed by atoms with E-state index in [1.807, 2.05) is 6.08 Å². The van der Waals surface area contributed by atoms with Crippen molar-refractivity contribution < 1.29 is 14.4 Å². The summed E-state index contributed by atoms with van der Waals surface area (Å²) in [7, 11) is 0. The van der Waals surface area contributed by atoms with Crippen LogP contribution >= 0.6 is 0 Å². The van der Waals surface area contributed by atoms with Gasteiger partial charge in [-0.15, -0.1) is 6.58 Å². The zero-order chi connectivity index (χ0) is 13.4. The molecule has 0 saturated carbocycles.